The van der Waals surface area contributed by atoms with E-state index in [1.54, 1.807) is 19.1 Å². The van der Waals surface area contributed by atoms with E-state index in [4.69, 9.17) is 9.47 Å². The van der Waals surface area contributed by atoms with Gasteiger partial charge in [-0.3, -0.25) is 4.79 Å². The van der Waals surface area contributed by atoms with Gasteiger partial charge in [-0.15, -0.1) is 0 Å². The third-order valence-corrected chi connectivity index (χ3v) is 4.70. The first-order valence-corrected chi connectivity index (χ1v) is 8.42. The van der Waals surface area contributed by atoms with Gasteiger partial charge in [0.2, 0.25) is 0 Å². The van der Waals surface area contributed by atoms with Crippen molar-refractivity contribution in [3.63, 3.8) is 0 Å². The van der Waals surface area contributed by atoms with E-state index in [0.717, 1.165) is 25.0 Å². The summed E-state index contributed by atoms with van der Waals surface area (Å²) in [4.78, 5) is 25.9. The highest BCUT2D eigenvalue weighted by atomic mass is 16.5. The lowest BCUT2D eigenvalue weighted by Crippen LogP contribution is -2.48. The smallest absolute Gasteiger partial charge is 0.331 e. The summed E-state index contributed by atoms with van der Waals surface area (Å²) in [6, 6.07) is 6.45. The van der Waals surface area contributed by atoms with Crippen LogP contribution in [0.1, 0.15) is 36.9 Å². The Kier molecular flexibility index (Phi) is 5.16. The molecule has 0 unspecified atom stereocenters. The Labute approximate surface area is 141 Å². The zero-order valence-electron chi connectivity index (χ0n) is 13.8. The van der Waals surface area contributed by atoms with Crippen LogP contribution >= 0.6 is 0 Å². The second kappa shape index (κ2) is 7.32. The minimum Gasteiger partial charge on any atom is -0.479 e. The molecule has 1 aromatic rings. The lowest BCUT2D eigenvalue weighted by atomic mass is 9.92. The zero-order valence-corrected chi connectivity index (χ0v) is 13.8. The minimum atomic E-state index is -1.01. The number of carboxylic acid groups (broad SMARTS) is 1. The Hall–Kier alpha value is -1.92. The van der Waals surface area contributed by atoms with Crippen molar-refractivity contribution in [1.29, 1.82) is 0 Å². The Bertz CT molecular complexity index is 611. The van der Waals surface area contributed by atoms with Crippen LogP contribution in [-0.4, -0.2) is 53.8 Å². The molecule has 1 saturated heterocycles. The van der Waals surface area contributed by atoms with Gasteiger partial charge >= 0.3 is 5.97 Å². The number of rotatable bonds is 5. The first kappa shape index (κ1) is 16.9. The molecular weight excluding hydrogens is 310 g/mol. The second-order valence-electron chi connectivity index (χ2n) is 6.33. The summed E-state index contributed by atoms with van der Waals surface area (Å²) in [5, 5.41) is 9.63. The molecule has 3 rings (SSSR count). The highest BCUT2D eigenvalue weighted by molar-refractivity contribution is 5.87. The van der Waals surface area contributed by atoms with Crippen LogP contribution in [0.25, 0.3) is 0 Å². The molecule has 130 valence electrons. The van der Waals surface area contributed by atoms with Gasteiger partial charge in [0.1, 0.15) is 6.10 Å². The maximum Gasteiger partial charge on any atom is 0.331 e. The number of carbonyl (C=O) groups is 2. The minimum absolute atomic E-state index is 0.0394. The van der Waals surface area contributed by atoms with Crippen LogP contribution in [-0.2, 0) is 25.5 Å². The fraction of sp³-hybridized carbons (Fsp3) is 0.556. The fourth-order valence-corrected chi connectivity index (χ4v) is 3.40. The first-order chi connectivity index (χ1) is 11.6. The molecule has 1 N–H and O–H groups in total. The molecule has 3 atom stereocenters. The van der Waals surface area contributed by atoms with E-state index in [1.807, 2.05) is 12.1 Å². The number of amides is 1. The van der Waals surface area contributed by atoms with E-state index in [9.17, 15) is 14.7 Å². The van der Waals surface area contributed by atoms with Gasteiger partial charge in [-0.25, -0.2) is 4.79 Å². The van der Waals surface area contributed by atoms with Crippen molar-refractivity contribution < 1.29 is 24.2 Å². The molecule has 0 spiro atoms. The molecule has 2 aliphatic rings. The maximum absolute atomic E-state index is 12.7. The van der Waals surface area contributed by atoms with Crippen molar-refractivity contribution in [1.82, 2.24) is 4.90 Å². The van der Waals surface area contributed by atoms with Gasteiger partial charge in [0.25, 0.3) is 5.91 Å². The molecule has 6 nitrogen and oxygen atoms in total. The summed E-state index contributed by atoms with van der Waals surface area (Å²) >= 11 is 0. The summed E-state index contributed by atoms with van der Waals surface area (Å²) in [6.07, 6.45) is 1.97. The maximum atomic E-state index is 12.7. The van der Waals surface area contributed by atoms with Gasteiger partial charge in [-0.2, -0.15) is 0 Å². The van der Waals surface area contributed by atoms with Crippen LogP contribution in [0.2, 0.25) is 0 Å². The van der Waals surface area contributed by atoms with E-state index in [0.29, 0.717) is 25.1 Å². The van der Waals surface area contributed by atoms with Crippen molar-refractivity contribution in [2.75, 3.05) is 19.8 Å². The quantitative estimate of drug-likeness (QED) is 0.889. The predicted molar refractivity (Wildman–Crippen MR) is 86.6 cm³/mol. The van der Waals surface area contributed by atoms with Crippen LogP contribution < -0.4 is 0 Å². The summed E-state index contributed by atoms with van der Waals surface area (Å²) in [5.74, 6) is -1.29. The Balaban J connectivity index is 1.70. The lowest BCUT2D eigenvalue weighted by Gasteiger charge is -2.36. The SMILES string of the molecule is C[C@H](OC[C@@H]1CCCO1)C(=O)N1CCc2ccccc2[C@@H]1C(=O)O. The Morgan fingerprint density at radius 2 is 2.21 bits per heavy atom. The van der Waals surface area contributed by atoms with Crippen molar-refractivity contribution in [2.45, 2.75) is 44.4 Å². The molecule has 1 amide bonds. The number of nitrogens with zero attached hydrogens (tertiary/aromatic N) is 1. The molecule has 1 fully saturated rings. The standard InChI is InChI=1S/C18H23NO5/c1-12(24-11-14-6-4-10-23-14)17(20)19-9-8-13-5-2-3-7-15(13)16(19)18(21)22/h2-3,5,7,12,14,16H,4,6,8-11H2,1H3,(H,21,22)/t12-,14-,16+/m0/s1. The van der Waals surface area contributed by atoms with Crippen LogP contribution in [0.15, 0.2) is 24.3 Å². The van der Waals surface area contributed by atoms with Crippen LogP contribution in [0, 0.1) is 0 Å². The molecule has 24 heavy (non-hydrogen) atoms. The summed E-state index contributed by atoms with van der Waals surface area (Å²) in [7, 11) is 0. The van der Waals surface area contributed by atoms with Gasteiger partial charge in [0.05, 0.1) is 12.7 Å². The second-order valence-corrected chi connectivity index (χ2v) is 6.33. The number of fused-ring (bicyclic) bond motifs is 1. The molecule has 2 heterocycles. The number of benzene rings is 1. The lowest BCUT2D eigenvalue weighted by molar-refractivity contribution is -0.157. The van der Waals surface area contributed by atoms with Gasteiger partial charge < -0.3 is 19.5 Å². The third kappa shape index (κ3) is 3.44. The fourth-order valence-electron chi connectivity index (χ4n) is 3.40. The van der Waals surface area contributed by atoms with Crippen molar-refractivity contribution in [3.05, 3.63) is 35.4 Å². The predicted octanol–water partition coefficient (Wildman–Crippen LogP) is 1.78. The molecule has 0 saturated carbocycles. The summed E-state index contributed by atoms with van der Waals surface area (Å²) in [5.41, 5.74) is 1.68. The highest BCUT2D eigenvalue weighted by Gasteiger charge is 2.37. The number of hydrogen-bond acceptors (Lipinski definition) is 4. The molecule has 0 aromatic heterocycles. The Morgan fingerprint density at radius 1 is 1.42 bits per heavy atom. The Morgan fingerprint density at radius 3 is 2.92 bits per heavy atom. The van der Waals surface area contributed by atoms with Gasteiger partial charge in [-0.05, 0) is 37.3 Å². The van der Waals surface area contributed by atoms with E-state index < -0.39 is 18.1 Å². The number of carboxylic acids is 1. The number of ether oxygens (including phenoxy) is 2. The first-order valence-electron chi connectivity index (χ1n) is 8.42. The molecular formula is C18H23NO5. The average Bonchev–Trinajstić information content (AvgIpc) is 3.11. The van der Waals surface area contributed by atoms with E-state index in [-0.39, 0.29) is 12.0 Å². The van der Waals surface area contributed by atoms with Gasteiger partial charge in [0.15, 0.2) is 6.04 Å². The molecule has 1 aromatic carbocycles. The highest BCUT2D eigenvalue weighted by Crippen LogP contribution is 2.30. The third-order valence-electron chi connectivity index (χ3n) is 4.70. The average molecular weight is 333 g/mol. The monoisotopic (exact) mass is 333 g/mol. The molecule has 0 aliphatic carbocycles. The van der Waals surface area contributed by atoms with Crippen LogP contribution in [0.3, 0.4) is 0 Å². The summed E-state index contributed by atoms with van der Waals surface area (Å²) in [6.45, 7) is 3.17. The molecule has 0 radical (unpaired) electrons. The normalized spacial score (nSPS) is 24.5. The number of aliphatic carboxylic acids is 1. The molecule has 6 heteroatoms. The molecule has 0 bridgehead atoms. The van der Waals surface area contributed by atoms with E-state index in [1.165, 1.54) is 4.90 Å². The topological polar surface area (TPSA) is 76.1 Å². The van der Waals surface area contributed by atoms with Gasteiger partial charge in [0, 0.05) is 13.2 Å². The largest absolute Gasteiger partial charge is 0.479 e. The molecule has 2 aliphatic heterocycles. The number of carbonyl (C=O) groups excluding carboxylic acids is 1. The van der Waals surface area contributed by atoms with Crippen molar-refractivity contribution >= 4 is 11.9 Å². The zero-order chi connectivity index (χ0) is 17.1. The number of hydrogen-bond donors (Lipinski definition) is 1. The van der Waals surface area contributed by atoms with Gasteiger partial charge in [-0.1, -0.05) is 24.3 Å². The van der Waals surface area contributed by atoms with E-state index in [2.05, 4.69) is 0 Å². The van der Waals surface area contributed by atoms with E-state index >= 15 is 0 Å². The van der Waals surface area contributed by atoms with Crippen molar-refractivity contribution in [2.24, 2.45) is 0 Å². The van der Waals surface area contributed by atoms with Crippen LogP contribution in [0.4, 0.5) is 0 Å². The van der Waals surface area contributed by atoms with Crippen LogP contribution in [0.5, 0.6) is 0 Å². The van der Waals surface area contributed by atoms with Crippen molar-refractivity contribution in [3.8, 4) is 0 Å². The summed E-state index contributed by atoms with van der Waals surface area (Å²) < 4.78 is 11.1.